The number of ether oxygens (including phenoxy) is 24. The number of nitrogens with zero attached hydrogens (tertiary/aromatic N) is 8. The number of fused-ring (bicyclic) bond motifs is 14. The molecule has 22 aliphatic rings. The Morgan fingerprint density at radius 2 is 0.274 bits per heavy atom. The molecule has 146 heavy (non-hydrogen) atoms. The maximum atomic E-state index is 6.77. The largest absolute Gasteiger partial charge is 0.496 e. The van der Waals surface area contributed by atoms with Crippen LogP contribution >= 0.6 is 0 Å². The van der Waals surface area contributed by atoms with E-state index in [4.69, 9.17) is 134 Å². The first kappa shape index (κ1) is 101. The van der Waals surface area contributed by atoms with Crippen LogP contribution in [0.4, 0.5) is 0 Å². The predicted molar refractivity (Wildman–Crippen MR) is 545 cm³/mol. The lowest BCUT2D eigenvalue weighted by molar-refractivity contribution is 0.272. The van der Waals surface area contributed by atoms with Gasteiger partial charge in [-0.3, -0.25) is 19.9 Å². The van der Waals surface area contributed by atoms with Crippen molar-refractivity contribution in [1.29, 1.82) is 0 Å². The molecule has 0 atom stereocenters. The van der Waals surface area contributed by atoms with Gasteiger partial charge in [0.2, 0.25) is 47.0 Å². The van der Waals surface area contributed by atoms with Crippen molar-refractivity contribution in [2.24, 2.45) is 0 Å². The second-order valence-electron chi connectivity index (χ2n) is 35.1. The maximum Gasteiger partial charge on any atom is 0.241 e. The van der Waals surface area contributed by atoms with Gasteiger partial charge in [0.25, 0.3) is 0 Å². The highest BCUT2D eigenvalue weighted by atomic mass is 16.5. The van der Waals surface area contributed by atoms with Gasteiger partial charge in [-0.05, 0) is 173 Å². The molecule has 18 aliphatic carbocycles. The lowest BCUT2D eigenvalue weighted by Crippen LogP contribution is -2.06. The van der Waals surface area contributed by atoms with Crippen LogP contribution in [-0.2, 0) is 64.2 Å². The molecule has 10 aromatic carbocycles. The van der Waals surface area contributed by atoms with E-state index in [9.17, 15) is 0 Å². The first-order valence-electron chi connectivity index (χ1n) is 48.2. The summed E-state index contributed by atoms with van der Waals surface area (Å²) in [4.78, 5) is 36.7. The zero-order chi connectivity index (χ0) is 102. The average Bonchev–Trinajstić information content (AvgIpc) is 1.26. The summed E-state index contributed by atoms with van der Waals surface area (Å²) >= 11 is 0. The standard InChI is InChI=1S/2C57H60N4O12/c2*1-62-44-22-36-16-38-24-50(68-7)40(26-48(38)66-5)18-42-28-53-43(29-52(42)72-56-32-58-30-54(60-56)70-13-11-9-10-12-14-71-55-31-59-33-57(61-55)73-53)19-41-27-49(67-6)39(25-51(41)69-8)17-37-23-45(63-2)35(21-47(37)65-4)15-34(44)20-46(36)64-3/h2*20-33H,9-19H2,1-8H3. The highest BCUT2D eigenvalue weighted by Gasteiger charge is 2.30. The molecule has 4 aromatic heterocycles. The van der Waals surface area contributed by atoms with Crippen molar-refractivity contribution >= 4 is 0 Å². The smallest absolute Gasteiger partial charge is 0.241 e. The van der Waals surface area contributed by atoms with Crippen molar-refractivity contribution < 1.29 is 114 Å². The molecule has 760 valence electrons. The third-order valence-electron chi connectivity index (χ3n) is 26.1. The van der Waals surface area contributed by atoms with Crippen molar-refractivity contribution in [2.75, 3.05) is 140 Å². The molecule has 0 spiro atoms. The van der Waals surface area contributed by atoms with E-state index in [1.807, 2.05) is 121 Å². The SMILES string of the molecule is COc1cc2c(OC)cc1Cc1cc(OC)c(cc1OC)Cc1cc(OC)c(cc1OC)Cc1cc3c(cc1Oc1cncc(n1)OCCCCCCOc1cncc(n1)O3)Cc1cc(OC)c(cc1OC)C2.COc1cc2c(OC)cc1Cc1cc(OC)c(cc1OC)Cc1cc(OC)c(cc1OC)Cc1cc3c(cc1Oc1cncc(n1)OCCCCCCOc1cncc(n1)O3)Cc1cc(OC)c(cc1OC)C2. The number of methoxy groups -OCH3 is 16. The van der Waals surface area contributed by atoms with Gasteiger partial charge in [0.15, 0.2) is 0 Å². The molecule has 14 aromatic rings. The molecule has 0 radical (unpaired) electrons. The molecule has 0 amide bonds. The van der Waals surface area contributed by atoms with Gasteiger partial charge in [0.1, 0.15) is 115 Å². The summed E-state index contributed by atoms with van der Waals surface area (Å²) in [6.45, 7) is 1.87. The van der Waals surface area contributed by atoms with Crippen LogP contribution in [0.3, 0.4) is 0 Å². The zero-order valence-corrected chi connectivity index (χ0v) is 85.1. The Labute approximate surface area is 849 Å². The first-order chi connectivity index (χ1) is 71.4. The molecule has 8 heterocycles. The van der Waals surface area contributed by atoms with Crippen LogP contribution in [0, 0.1) is 0 Å². The van der Waals surface area contributed by atoms with Gasteiger partial charge < -0.3 is 114 Å². The Hall–Kier alpha value is -16.3. The quantitative estimate of drug-likeness (QED) is 0.0867. The van der Waals surface area contributed by atoms with E-state index >= 15 is 0 Å². The van der Waals surface area contributed by atoms with Crippen molar-refractivity contribution in [2.45, 2.75) is 116 Å². The summed E-state index contributed by atoms with van der Waals surface area (Å²) in [5.41, 5.74) is 16.7. The zero-order valence-electron chi connectivity index (χ0n) is 85.1. The van der Waals surface area contributed by atoms with E-state index in [1.54, 1.807) is 163 Å². The Morgan fingerprint density at radius 1 is 0.151 bits per heavy atom. The maximum absolute atomic E-state index is 6.77. The van der Waals surface area contributed by atoms with E-state index in [1.165, 1.54) is 0 Å². The Bertz CT molecular complexity index is 6180. The van der Waals surface area contributed by atoms with Crippen molar-refractivity contribution in [1.82, 2.24) is 39.9 Å². The van der Waals surface area contributed by atoms with E-state index in [2.05, 4.69) is 19.9 Å². The highest BCUT2D eigenvalue weighted by Crippen LogP contribution is 2.49. The van der Waals surface area contributed by atoms with Crippen molar-refractivity contribution in [3.05, 3.63) is 282 Å². The Morgan fingerprint density at radius 3 is 0.404 bits per heavy atom. The van der Waals surface area contributed by atoms with E-state index in [0.717, 1.165) is 163 Å². The minimum atomic E-state index is 0.242. The van der Waals surface area contributed by atoms with Gasteiger partial charge in [-0.15, -0.1) is 0 Å². The molecular formula is C114H120N8O24. The second kappa shape index (κ2) is 47.7. The first-order valence-corrected chi connectivity index (χ1v) is 48.2. The third-order valence-corrected chi connectivity index (χ3v) is 26.1. The predicted octanol–water partition coefficient (Wildman–Crippen LogP) is 21.0. The molecule has 0 N–H and O–H groups in total. The summed E-state index contributed by atoms with van der Waals surface area (Å²) in [6.07, 6.45) is 23.5. The fourth-order valence-electron chi connectivity index (χ4n) is 18.7. The average molecular weight is 1990 g/mol. The van der Waals surface area contributed by atoms with Gasteiger partial charge in [-0.25, -0.2) is 0 Å². The van der Waals surface area contributed by atoms with E-state index < -0.39 is 0 Å². The number of hydrogen-bond acceptors (Lipinski definition) is 32. The summed E-state index contributed by atoms with van der Waals surface area (Å²) < 4.78 is 149. The van der Waals surface area contributed by atoms with Crippen molar-refractivity contribution in [3.63, 3.8) is 0 Å². The number of rotatable bonds is 16. The molecule has 0 unspecified atom stereocenters. The topological polar surface area (TPSA) is 325 Å². The van der Waals surface area contributed by atoms with Gasteiger partial charge >= 0.3 is 0 Å². The van der Waals surface area contributed by atoms with Gasteiger partial charge in [0.05, 0.1) is 190 Å². The van der Waals surface area contributed by atoms with Gasteiger partial charge in [0, 0.05) is 175 Å². The molecule has 4 aliphatic heterocycles. The summed E-state index contributed by atoms with van der Waals surface area (Å²) in [5.74, 6) is 14.8. The third kappa shape index (κ3) is 23.8. The fraction of sp³-hybridized carbons (Fsp3) is 0.333. The minimum absolute atomic E-state index is 0.242. The molecule has 0 saturated carbocycles. The van der Waals surface area contributed by atoms with Crippen LogP contribution in [0.5, 0.6) is 162 Å². The number of benzene rings is 10. The van der Waals surface area contributed by atoms with Gasteiger partial charge in [-0.2, -0.15) is 19.9 Å². The number of hydrogen-bond donors (Lipinski definition) is 0. The second-order valence-corrected chi connectivity index (χ2v) is 35.1. The van der Waals surface area contributed by atoms with Crippen LogP contribution in [0.25, 0.3) is 0 Å². The molecule has 32 heteroatoms. The lowest BCUT2D eigenvalue weighted by Gasteiger charge is -2.21. The Balaban J connectivity index is 0.000000200. The lowest BCUT2D eigenvalue weighted by atomic mass is 9.94. The molecule has 0 saturated heterocycles. The molecule has 36 rings (SSSR count). The van der Waals surface area contributed by atoms with Crippen LogP contribution in [0.1, 0.15) is 163 Å². The minimum Gasteiger partial charge on any atom is -0.496 e. The summed E-state index contributed by atoms with van der Waals surface area (Å²) in [5, 5.41) is 0. The summed E-state index contributed by atoms with van der Waals surface area (Å²) in [7, 11) is 26.5. The molecule has 32 nitrogen and oxygen atoms in total. The molecule has 32 bridgehead atoms. The normalized spacial score (nSPS) is 13.6. The van der Waals surface area contributed by atoms with E-state index in [0.29, 0.717) is 229 Å². The van der Waals surface area contributed by atoms with E-state index in [-0.39, 0.29) is 23.5 Å². The van der Waals surface area contributed by atoms with Crippen molar-refractivity contribution in [3.8, 4) is 162 Å². The number of aromatic nitrogens is 8. The molecule has 0 fully saturated rings. The van der Waals surface area contributed by atoms with Gasteiger partial charge in [-0.1, -0.05) is 0 Å². The highest BCUT2D eigenvalue weighted by molar-refractivity contribution is 5.65. The molecular weight excluding hydrogens is 1870 g/mol. The van der Waals surface area contributed by atoms with Crippen LogP contribution < -0.4 is 114 Å². The summed E-state index contributed by atoms with van der Waals surface area (Å²) in [6, 6.07) is 39.7. The fourth-order valence-corrected chi connectivity index (χ4v) is 18.7. The van der Waals surface area contributed by atoms with Crippen LogP contribution in [0.2, 0.25) is 0 Å². The Kier molecular flexibility index (Phi) is 33.1. The monoisotopic (exact) mass is 1980 g/mol. The van der Waals surface area contributed by atoms with Crippen LogP contribution in [-0.4, -0.2) is 180 Å². The van der Waals surface area contributed by atoms with Crippen LogP contribution in [0.15, 0.2) is 171 Å².